The highest BCUT2D eigenvalue weighted by atomic mass is 16.4. The minimum Gasteiger partial charge on any atom is -0.465 e. The molecule has 1 saturated heterocycles. The number of aromatic nitrogens is 1. The molecular formula is C15H17N3O2. The molecule has 1 unspecified atom stereocenters. The van der Waals surface area contributed by atoms with E-state index in [-0.39, 0.29) is 6.04 Å². The number of anilines is 1. The van der Waals surface area contributed by atoms with Gasteiger partial charge in [0.1, 0.15) is 0 Å². The molecule has 1 aromatic carbocycles. The number of rotatable bonds is 2. The summed E-state index contributed by atoms with van der Waals surface area (Å²) in [6, 6.07) is 8.18. The molecule has 5 heteroatoms. The maximum absolute atomic E-state index is 11.0. The fourth-order valence-electron chi connectivity index (χ4n) is 2.71. The average molecular weight is 271 g/mol. The van der Waals surface area contributed by atoms with Crippen molar-refractivity contribution in [1.82, 2.24) is 9.88 Å². The molecule has 1 atom stereocenters. The van der Waals surface area contributed by atoms with Crippen LogP contribution in [0.15, 0.2) is 30.5 Å². The molecule has 104 valence electrons. The first-order chi connectivity index (χ1) is 9.65. The predicted octanol–water partition coefficient (Wildman–Crippen LogP) is 2.71. The monoisotopic (exact) mass is 271 g/mol. The van der Waals surface area contributed by atoms with E-state index in [2.05, 4.69) is 17.2 Å². The van der Waals surface area contributed by atoms with Crippen molar-refractivity contribution in [3.63, 3.8) is 0 Å². The van der Waals surface area contributed by atoms with Gasteiger partial charge in [-0.2, -0.15) is 0 Å². The van der Waals surface area contributed by atoms with E-state index in [1.807, 2.05) is 24.3 Å². The van der Waals surface area contributed by atoms with Crippen molar-refractivity contribution in [1.29, 1.82) is 0 Å². The van der Waals surface area contributed by atoms with Gasteiger partial charge in [-0.15, -0.1) is 0 Å². The first-order valence-corrected chi connectivity index (χ1v) is 6.74. The number of hydrogen-bond acceptors (Lipinski definition) is 3. The Morgan fingerprint density at radius 3 is 3.05 bits per heavy atom. The van der Waals surface area contributed by atoms with Gasteiger partial charge < -0.3 is 15.3 Å². The van der Waals surface area contributed by atoms with Crippen LogP contribution >= 0.6 is 0 Å². The summed E-state index contributed by atoms with van der Waals surface area (Å²) in [5.41, 5.74) is 3.17. The van der Waals surface area contributed by atoms with Crippen LogP contribution in [-0.2, 0) is 0 Å². The van der Waals surface area contributed by atoms with E-state index in [0.717, 1.165) is 28.6 Å². The maximum Gasteiger partial charge on any atom is 0.407 e. The molecule has 0 bridgehead atoms. The Morgan fingerprint density at radius 1 is 1.45 bits per heavy atom. The van der Waals surface area contributed by atoms with E-state index in [1.165, 1.54) is 4.90 Å². The van der Waals surface area contributed by atoms with Crippen LogP contribution < -0.4 is 5.32 Å². The molecule has 1 aliphatic heterocycles. The second-order valence-electron chi connectivity index (χ2n) is 5.19. The van der Waals surface area contributed by atoms with Crippen molar-refractivity contribution in [3.05, 3.63) is 36.0 Å². The number of aryl methyl sites for hydroxylation is 1. The van der Waals surface area contributed by atoms with Gasteiger partial charge in [0.15, 0.2) is 0 Å². The average Bonchev–Trinajstić information content (AvgIpc) is 2.91. The fourth-order valence-corrected chi connectivity index (χ4v) is 2.71. The standard InChI is InChI=1S/C15H17N3O2/c1-10-4-5-13-12(3-2-7-16-13)14(10)17-11-6-8-18(9-11)15(19)20/h2-5,7,11,17H,6,8-9H2,1H3,(H,19,20). The van der Waals surface area contributed by atoms with Crippen molar-refractivity contribution in [3.8, 4) is 0 Å². The first kappa shape index (κ1) is 12.7. The topological polar surface area (TPSA) is 65.5 Å². The Bertz CT molecular complexity index is 657. The number of benzene rings is 1. The number of carbonyl (C=O) groups is 1. The van der Waals surface area contributed by atoms with E-state index in [0.29, 0.717) is 13.1 Å². The van der Waals surface area contributed by atoms with Crippen molar-refractivity contribution in [2.24, 2.45) is 0 Å². The van der Waals surface area contributed by atoms with Crippen LogP contribution in [0, 0.1) is 6.92 Å². The summed E-state index contributed by atoms with van der Waals surface area (Å²) in [7, 11) is 0. The van der Waals surface area contributed by atoms with E-state index in [4.69, 9.17) is 5.11 Å². The summed E-state index contributed by atoms with van der Waals surface area (Å²) >= 11 is 0. The summed E-state index contributed by atoms with van der Waals surface area (Å²) in [4.78, 5) is 16.8. The molecule has 2 N–H and O–H groups in total. The molecule has 2 aromatic rings. The Labute approximate surface area is 117 Å². The lowest BCUT2D eigenvalue weighted by molar-refractivity contribution is 0.155. The van der Waals surface area contributed by atoms with Gasteiger partial charge in [0.05, 0.1) is 5.52 Å². The molecule has 1 fully saturated rings. The second kappa shape index (κ2) is 5.00. The van der Waals surface area contributed by atoms with Gasteiger partial charge in [-0.3, -0.25) is 4.98 Å². The van der Waals surface area contributed by atoms with Gasteiger partial charge in [-0.25, -0.2) is 4.79 Å². The van der Waals surface area contributed by atoms with Gasteiger partial charge in [-0.1, -0.05) is 6.07 Å². The van der Waals surface area contributed by atoms with E-state index in [1.54, 1.807) is 6.20 Å². The third-order valence-corrected chi connectivity index (χ3v) is 3.80. The molecule has 0 spiro atoms. The molecule has 0 aliphatic carbocycles. The van der Waals surface area contributed by atoms with Crippen LogP contribution in [0.25, 0.3) is 10.9 Å². The summed E-state index contributed by atoms with van der Waals surface area (Å²) < 4.78 is 0. The number of likely N-dealkylation sites (tertiary alicyclic amines) is 1. The highest BCUT2D eigenvalue weighted by Crippen LogP contribution is 2.27. The quantitative estimate of drug-likeness (QED) is 0.881. The van der Waals surface area contributed by atoms with Gasteiger partial charge >= 0.3 is 6.09 Å². The molecule has 1 aliphatic rings. The van der Waals surface area contributed by atoms with E-state index >= 15 is 0 Å². The Balaban J connectivity index is 1.88. The molecule has 1 aromatic heterocycles. The molecule has 1 amide bonds. The van der Waals surface area contributed by atoms with Gasteiger partial charge in [0, 0.05) is 36.4 Å². The van der Waals surface area contributed by atoms with Crippen LogP contribution in [0.1, 0.15) is 12.0 Å². The molecule has 5 nitrogen and oxygen atoms in total. The Kier molecular flexibility index (Phi) is 3.18. The van der Waals surface area contributed by atoms with Gasteiger partial charge in [0.25, 0.3) is 0 Å². The molecule has 0 radical (unpaired) electrons. The Morgan fingerprint density at radius 2 is 2.30 bits per heavy atom. The third-order valence-electron chi connectivity index (χ3n) is 3.80. The zero-order valence-electron chi connectivity index (χ0n) is 11.3. The van der Waals surface area contributed by atoms with Crippen LogP contribution in [0.5, 0.6) is 0 Å². The Hall–Kier alpha value is -2.30. The lowest BCUT2D eigenvalue weighted by Gasteiger charge is -2.18. The smallest absolute Gasteiger partial charge is 0.407 e. The number of fused-ring (bicyclic) bond motifs is 1. The first-order valence-electron chi connectivity index (χ1n) is 6.74. The van der Waals surface area contributed by atoms with Crippen LogP contribution in [-0.4, -0.2) is 40.2 Å². The lowest BCUT2D eigenvalue weighted by Crippen LogP contribution is -2.30. The van der Waals surface area contributed by atoms with Gasteiger partial charge in [0.2, 0.25) is 0 Å². The van der Waals surface area contributed by atoms with E-state index < -0.39 is 6.09 Å². The molecule has 20 heavy (non-hydrogen) atoms. The minimum absolute atomic E-state index is 0.163. The number of carboxylic acid groups (broad SMARTS) is 1. The van der Waals surface area contributed by atoms with Crippen molar-refractivity contribution < 1.29 is 9.90 Å². The summed E-state index contributed by atoms with van der Waals surface area (Å²) in [5.74, 6) is 0. The van der Waals surface area contributed by atoms with Crippen molar-refractivity contribution in [2.45, 2.75) is 19.4 Å². The fraction of sp³-hybridized carbons (Fsp3) is 0.333. The number of hydrogen-bond donors (Lipinski definition) is 2. The number of amides is 1. The minimum atomic E-state index is -0.842. The highest BCUT2D eigenvalue weighted by Gasteiger charge is 2.26. The molecular weight excluding hydrogens is 254 g/mol. The van der Waals surface area contributed by atoms with Crippen LogP contribution in [0.2, 0.25) is 0 Å². The third kappa shape index (κ3) is 2.27. The normalized spacial score (nSPS) is 18.4. The zero-order chi connectivity index (χ0) is 14.1. The number of nitrogens with zero attached hydrogens (tertiary/aromatic N) is 2. The number of pyridine rings is 1. The van der Waals surface area contributed by atoms with Crippen LogP contribution in [0.3, 0.4) is 0 Å². The SMILES string of the molecule is Cc1ccc2ncccc2c1NC1CCN(C(=O)O)C1. The summed E-state index contributed by atoms with van der Waals surface area (Å²) in [6.07, 6.45) is 1.77. The second-order valence-corrected chi connectivity index (χ2v) is 5.19. The molecule has 0 saturated carbocycles. The summed E-state index contributed by atoms with van der Waals surface area (Å²) in [5, 5.41) is 13.6. The van der Waals surface area contributed by atoms with E-state index in [9.17, 15) is 4.79 Å². The largest absolute Gasteiger partial charge is 0.465 e. The molecule has 2 heterocycles. The predicted molar refractivity (Wildman–Crippen MR) is 78.1 cm³/mol. The van der Waals surface area contributed by atoms with Gasteiger partial charge in [-0.05, 0) is 37.1 Å². The number of nitrogens with one attached hydrogen (secondary N) is 1. The van der Waals surface area contributed by atoms with Crippen molar-refractivity contribution >= 4 is 22.7 Å². The zero-order valence-corrected chi connectivity index (χ0v) is 11.3. The highest BCUT2D eigenvalue weighted by molar-refractivity contribution is 5.93. The van der Waals surface area contributed by atoms with Crippen molar-refractivity contribution in [2.75, 3.05) is 18.4 Å². The maximum atomic E-state index is 11.0. The van der Waals surface area contributed by atoms with Crippen LogP contribution in [0.4, 0.5) is 10.5 Å². The lowest BCUT2D eigenvalue weighted by atomic mass is 10.1. The molecule has 3 rings (SSSR count). The summed E-state index contributed by atoms with van der Waals surface area (Å²) in [6.45, 7) is 3.18.